The van der Waals surface area contributed by atoms with Gasteiger partial charge in [0.15, 0.2) is 0 Å². The van der Waals surface area contributed by atoms with E-state index in [9.17, 15) is 23.5 Å². The van der Waals surface area contributed by atoms with Crippen molar-refractivity contribution >= 4 is 23.1 Å². The Labute approximate surface area is 224 Å². The number of hydrogen-bond acceptors (Lipinski definition) is 4. The lowest BCUT2D eigenvalue weighted by Gasteiger charge is -2.47. The number of hydrogen-bond donors (Lipinski definition) is 1. The molecule has 39 heavy (non-hydrogen) atoms. The van der Waals surface area contributed by atoms with Gasteiger partial charge in [0.2, 0.25) is 5.91 Å². The van der Waals surface area contributed by atoms with Gasteiger partial charge in [-0.25, -0.2) is 13.6 Å². The average molecular weight is 526 g/mol. The second kappa shape index (κ2) is 11.4. The van der Waals surface area contributed by atoms with Gasteiger partial charge in [-0.15, -0.1) is 0 Å². The summed E-state index contributed by atoms with van der Waals surface area (Å²) in [6, 6.07) is 26.7. The molecule has 1 saturated heterocycles. The molecule has 1 heterocycles. The first kappa shape index (κ1) is 26.0. The van der Waals surface area contributed by atoms with Gasteiger partial charge in [-0.05, 0) is 83.8 Å². The van der Waals surface area contributed by atoms with E-state index in [-0.39, 0.29) is 24.4 Å². The summed E-state index contributed by atoms with van der Waals surface area (Å²) in [5.41, 5.74) is 3.06. The summed E-state index contributed by atoms with van der Waals surface area (Å²) in [7, 11) is 0. The number of esters is 1. The van der Waals surface area contributed by atoms with E-state index in [1.165, 1.54) is 24.3 Å². The molecule has 1 fully saturated rings. The molecule has 7 heteroatoms. The molecule has 4 aromatic rings. The van der Waals surface area contributed by atoms with Crippen LogP contribution >= 0.6 is 0 Å². The maximum absolute atomic E-state index is 13.6. The molecular weight excluding hydrogens is 500 g/mol. The van der Waals surface area contributed by atoms with Gasteiger partial charge in [0, 0.05) is 5.69 Å². The Morgan fingerprint density at radius 2 is 1.44 bits per heavy atom. The number of halogens is 2. The molecule has 0 aromatic heterocycles. The largest absolute Gasteiger partial charge is 0.423 e. The zero-order valence-electron chi connectivity index (χ0n) is 20.8. The zero-order valence-corrected chi connectivity index (χ0v) is 20.8. The van der Waals surface area contributed by atoms with Crippen LogP contribution in [0.4, 0.5) is 14.5 Å². The maximum atomic E-state index is 13.6. The summed E-state index contributed by atoms with van der Waals surface area (Å²) in [5, 5.41) is 9.91. The number of anilines is 1. The second-order valence-electron chi connectivity index (χ2n) is 9.19. The molecule has 0 radical (unpaired) electrons. The van der Waals surface area contributed by atoms with E-state index in [4.69, 9.17) is 4.74 Å². The van der Waals surface area contributed by atoms with Crippen molar-refractivity contribution in [1.82, 2.24) is 0 Å². The number of allylic oxidation sites excluding steroid dienone is 1. The summed E-state index contributed by atoms with van der Waals surface area (Å²) in [6.07, 6.45) is 2.13. The van der Waals surface area contributed by atoms with Crippen molar-refractivity contribution in [2.45, 2.75) is 12.5 Å². The van der Waals surface area contributed by atoms with E-state index in [2.05, 4.69) is 0 Å². The molecule has 5 rings (SSSR count). The number of rotatable bonds is 8. The minimum absolute atomic E-state index is 0.140. The second-order valence-corrected chi connectivity index (χ2v) is 9.19. The normalized spacial score (nSPS) is 17.1. The van der Waals surface area contributed by atoms with Crippen molar-refractivity contribution in [1.29, 1.82) is 0 Å². The van der Waals surface area contributed by atoms with Crippen LogP contribution in [0.3, 0.4) is 0 Å². The van der Waals surface area contributed by atoms with Crippen molar-refractivity contribution in [3.8, 4) is 5.75 Å². The smallest absolute Gasteiger partial charge is 0.343 e. The fraction of sp³-hybridized carbons (Fsp3) is 0.125. The summed E-state index contributed by atoms with van der Waals surface area (Å²) in [5.74, 6) is -1.48. The molecule has 1 amide bonds. The fourth-order valence-electron chi connectivity index (χ4n) is 4.73. The van der Waals surface area contributed by atoms with E-state index >= 15 is 0 Å². The van der Waals surface area contributed by atoms with Crippen molar-refractivity contribution in [3.05, 3.63) is 138 Å². The van der Waals surface area contributed by atoms with Crippen LogP contribution < -0.4 is 9.64 Å². The van der Waals surface area contributed by atoms with Crippen molar-refractivity contribution in [3.63, 3.8) is 0 Å². The third kappa shape index (κ3) is 5.63. The predicted octanol–water partition coefficient (Wildman–Crippen LogP) is 6.35. The summed E-state index contributed by atoms with van der Waals surface area (Å²) >= 11 is 0. The Morgan fingerprint density at radius 1 is 0.821 bits per heavy atom. The number of aliphatic hydroxyl groups is 1. The van der Waals surface area contributed by atoms with Crippen LogP contribution in [-0.2, 0) is 4.79 Å². The lowest BCUT2D eigenvalue weighted by atomic mass is 9.79. The fourth-order valence-corrected chi connectivity index (χ4v) is 4.73. The molecule has 1 unspecified atom stereocenters. The number of carbonyl (C=O) groups is 2. The van der Waals surface area contributed by atoms with Gasteiger partial charge >= 0.3 is 5.97 Å². The number of β-lactam (4-membered cyclic amide) rings is 1. The maximum Gasteiger partial charge on any atom is 0.343 e. The van der Waals surface area contributed by atoms with Crippen molar-refractivity contribution in [2.24, 2.45) is 5.92 Å². The number of nitrogens with zero attached hydrogens (tertiary/aromatic N) is 1. The summed E-state index contributed by atoms with van der Waals surface area (Å²) in [6.45, 7) is -0.264. The monoisotopic (exact) mass is 525 g/mol. The van der Waals surface area contributed by atoms with Crippen LogP contribution in [0.2, 0.25) is 0 Å². The molecule has 0 spiro atoms. The van der Waals surface area contributed by atoms with Crippen molar-refractivity contribution < 1.29 is 28.2 Å². The average Bonchev–Trinajstić information content (AvgIpc) is 2.96. The first-order chi connectivity index (χ1) is 18.9. The van der Waals surface area contributed by atoms with E-state index in [1.807, 2.05) is 6.07 Å². The molecular formula is C32H25F2NO4. The molecule has 1 aliphatic heterocycles. The summed E-state index contributed by atoms with van der Waals surface area (Å²) in [4.78, 5) is 27.3. The minimum Gasteiger partial charge on any atom is -0.423 e. The molecule has 0 saturated carbocycles. The lowest BCUT2D eigenvalue weighted by molar-refractivity contribution is -0.130. The first-order valence-electron chi connectivity index (χ1n) is 12.5. The highest BCUT2D eigenvalue weighted by Crippen LogP contribution is 2.46. The highest BCUT2D eigenvalue weighted by molar-refractivity contribution is 6.03. The molecule has 0 aliphatic carbocycles. The third-order valence-electron chi connectivity index (χ3n) is 6.76. The molecule has 0 bridgehead atoms. The van der Waals surface area contributed by atoms with E-state index in [1.54, 1.807) is 83.8 Å². The Hall–Kier alpha value is -4.62. The first-order valence-corrected chi connectivity index (χ1v) is 12.5. The SMILES string of the molecule is O=C(Oc1ccc(C2[C@@H](C/C=C(/CO)c3ccc(F)cc3)C(=O)N2c2ccc(F)cc2)cc1)c1ccccc1. The number of carbonyl (C=O) groups excluding carboxylic acids is 2. The molecule has 2 atom stereocenters. The molecule has 196 valence electrons. The van der Waals surface area contributed by atoms with Gasteiger partial charge in [-0.2, -0.15) is 0 Å². The van der Waals surface area contributed by atoms with E-state index in [0.717, 1.165) is 5.56 Å². The number of aliphatic hydroxyl groups excluding tert-OH is 1. The van der Waals surface area contributed by atoms with Crippen LogP contribution in [0.15, 0.2) is 109 Å². The van der Waals surface area contributed by atoms with E-state index < -0.39 is 17.7 Å². The predicted molar refractivity (Wildman–Crippen MR) is 144 cm³/mol. The van der Waals surface area contributed by atoms with Gasteiger partial charge in [-0.3, -0.25) is 4.79 Å². The Morgan fingerprint density at radius 3 is 2.05 bits per heavy atom. The standard InChI is InChI=1S/C32H25F2NO4/c33-25-11-6-21(7-12-25)24(20-36)10-19-29-30(35(31(29)37)27-15-13-26(34)14-16-27)22-8-17-28(18-9-22)39-32(38)23-4-2-1-3-5-23/h1-18,29-30,36H,19-20H2/b24-10-/t29-,30?/m1/s1. The summed E-state index contributed by atoms with van der Waals surface area (Å²) < 4.78 is 32.4. The quantitative estimate of drug-likeness (QED) is 0.165. The van der Waals surface area contributed by atoms with Crippen molar-refractivity contribution in [2.75, 3.05) is 11.5 Å². The number of benzene rings is 4. The van der Waals surface area contributed by atoms with Gasteiger partial charge in [0.05, 0.1) is 24.1 Å². The Balaban J connectivity index is 1.40. The molecule has 4 aromatic carbocycles. The Bertz CT molecular complexity index is 1480. The number of amides is 1. The molecule has 1 aliphatic rings. The van der Waals surface area contributed by atoms with Crippen LogP contribution in [-0.4, -0.2) is 23.6 Å². The van der Waals surface area contributed by atoms with Crippen LogP contribution in [0.5, 0.6) is 5.75 Å². The van der Waals surface area contributed by atoms with Gasteiger partial charge in [0.25, 0.3) is 0 Å². The zero-order chi connectivity index (χ0) is 27.4. The lowest BCUT2D eigenvalue weighted by Crippen LogP contribution is -2.55. The minimum atomic E-state index is -0.476. The topological polar surface area (TPSA) is 66.8 Å². The molecule has 5 nitrogen and oxygen atoms in total. The molecule has 1 N–H and O–H groups in total. The third-order valence-corrected chi connectivity index (χ3v) is 6.76. The van der Waals surface area contributed by atoms with E-state index in [0.29, 0.717) is 34.6 Å². The van der Waals surface area contributed by atoms with Gasteiger partial charge in [0.1, 0.15) is 17.4 Å². The van der Waals surface area contributed by atoms with Crippen LogP contribution in [0.25, 0.3) is 5.57 Å². The van der Waals surface area contributed by atoms with Gasteiger partial charge in [-0.1, -0.05) is 48.5 Å². The van der Waals surface area contributed by atoms with Gasteiger partial charge < -0.3 is 14.7 Å². The number of ether oxygens (including phenoxy) is 1. The Kier molecular flexibility index (Phi) is 7.61. The van der Waals surface area contributed by atoms with Crippen LogP contribution in [0.1, 0.15) is 33.9 Å². The van der Waals surface area contributed by atoms with Crippen LogP contribution in [0, 0.1) is 17.6 Å². The highest BCUT2D eigenvalue weighted by atomic mass is 19.1. The highest BCUT2D eigenvalue weighted by Gasteiger charge is 2.48.